The minimum absolute atomic E-state index is 0.0174. The Balaban J connectivity index is 2.66. The molecule has 0 aliphatic heterocycles. The molecule has 0 fully saturated rings. The number of aromatic nitrogens is 1. The maximum atomic E-state index is 11.9. The SMILES string of the molecule is CSC(CO)C(C)NC(=O)c1ccnc(Cl)c1. The first-order chi connectivity index (χ1) is 8.08. The summed E-state index contributed by atoms with van der Waals surface area (Å²) in [5.41, 5.74) is 0.467. The molecule has 2 unspecified atom stereocenters. The number of amides is 1. The molecule has 17 heavy (non-hydrogen) atoms. The topological polar surface area (TPSA) is 62.2 Å². The average molecular weight is 275 g/mol. The molecule has 94 valence electrons. The van der Waals surface area contributed by atoms with Crippen molar-refractivity contribution >= 4 is 29.3 Å². The lowest BCUT2D eigenvalue weighted by atomic mass is 10.2. The Bertz CT molecular complexity index is 385. The highest BCUT2D eigenvalue weighted by atomic mass is 35.5. The minimum atomic E-state index is -0.214. The summed E-state index contributed by atoms with van der Waals surface area (Å²) >= 11 is 7.22. The van der Waals surface area contributed by atoms with Gasteiger partial charge in [0.15, 0.2) is 0 Å². The molecule has 0 aliphatic rings. The lowest BCUT2D eigenvalue weighted by Crippen LogP contribution is -2.41. The summed E-state index contributed by atoms with van der Waals surface area (Å²) in [6.07, 6.45) is 3.38. The predicted molar refractivity (Wildman–Crippen MR) is 70.6 cm³/mol. The van der Waals surface area contributed by atoms with Crippen molar-refractivity contribution in [2.24, 2.45) is 0 Å². The lowest BCUT2D eigenvalue weighted by Gasteiger charge is -2.21. The molecule has 0 spiro atoms. The largest absolute Gasteiger partial charge is 0.395 e. The van der Waals surface area contributed by atoms with E-state index in [1.807, 2.05) is 13.2 Å². The quantitative estimate of drug-likeness (QED) is 0.801. The van der Waals surface area contributed by atoms with E-state index in [1.165, 1.54) is 24.0 Å². The van der Waals surface area contributed by atoms with Gasteiger partial charge >= 0.3 is 0 Å². The van der Waals surface area contributed by atoms with Crippen molar-refractivity contribution in [2.45, 2.75) is 18.2 Å². The number of hydrogen-bond acceptors (Lipinski definition) is 4. The monoisotopic (exact) mass is 274 g/mol. The molecule has 0 aromatic carbocycles. The second-order valence-corrected chi connectivity index (χ2v) is 5.05. The van der Waals surface area contributed by atoms with Crippen molar-refractivity contribution in [1.82, 2.24) is 10.3 Å². The Morgan fingerprint density at radius 2 is 2.41 bits per heavy atom. The Morgan fingerprint density at radius 1 is 1.71 bits per heavy atom. The first-order valence-electron chi connectivity index (χ1n) is 5.14. The van der Waals surface area contributed by atoms with E-state index in [0.29, 0.717) is 5.56 Å². The second-order valence-electron chi connectivity index (χ2n) is 3.59. The van der Waals surface area contributed by atoms with E-state index in [9.17, 15) is 4.79 Å². The molecule has 6 heteroatoms. The second kappa shape index (κ2) is 6.83. The van der Waals surface area contributed by atoms with Gasteiger partial charge < -0.3 is 10.4 Å². The van der Waals surface area contributed by atoms with Gasteiger partial charge in [-0.3, -0.25) is 4.79 Å². The summed E-state index contributed by atoms with van der Waals surface area (Å²) in [6.45, 7) is 1.89. The molecule has 1 heterocycles. The van der Waals surface area contributed by atoms with Crippen LogP contribution in [-0.2, 0) is 0 Å². The number of thioether (sulfide) groups is 1. The van der Waals surface area contributed by atoms with Crippen LogP contribution in [-0.4, -0.2) is 40.2 Å². The van der Waals surface area contributed by atoms with E-state index >= 15 is 0 Å². The van der Waals surface area contributed by atoms with Crippen LogP contribution in [0.15, 0.2) is 18.3 Å². The molecule has 0 aliphatic carbocycles. The number of nitrogens with one attached hydrogen (secondary N) is 1. The fourth-order valence-corrected chi connectivity index (χ4v) is 2.16. The van der Waals surface area contributed by atoms with Gasteiger partial charge in [0.1, 0.15) is 5.15 Å². The Hall–Kier alpha value is -0.780. The van der Waals surface area contributed by atoms with Crippen molar-refractivity contribution in [3.63, 3.8) is 0 Å². The number of carbonyl (C=O) groups excluding carboxylic acids is 1. The van der Waals surface area contributed by atoms with Gasteiger partial charge in [0.25, 0.3) is 5.91 Å². The van der Waals surface area contributed by atoms with Gasteiger partial charge in [0.2, 0.25) is 0 Å². The zero-order valence-electron chi connectivity index (χ0n) is 9.68. The number of carbonyl (C=O) groups is 1. The van der Waals surface area contributed by atoms with Gasteiger partial charge in [-0.05, 0) is 25.3 Å². The zero-order chi connectivity index (χ0) is 12.8. The molecular formula is C11H15ClN2O2S. The molecule has 1 aromatic heterocycles. The summed E-state index contributed by atoms with van der Waals surface area (Å²) in [6, 6.07) is 2.99. The highest BCUT2D eigenvalue weighted by Gasteiger charge is 2.18. The van der Waals surface area contributed by atoms with Crippen LogP contribution < -0.4 is 5.32 Å². The van der Waals surface area contributed by atoms with Gasteiger partial charge in [-0.15, -0.1) is 0 Å². The third-order valence-electron chi connectivity index (χ3n) is 2.39. The highest BCUT2D eigenvalue weighted by molar-refractivity contribution is 7.99. The smallest absolute Gasteiger partial charge is 0.251 e. The predicted octanol–water partition coefficient (Wildman–Crippen LogP) is 1.58. The summed E-state index contributed by atoms with van der Waals surface area (Å²) < 4.78 is 0. The van der Waals surface area contributed by atoms with Crippen LogP contribution in [0.2, 0.25) is 5.15 Å². The first-order valence-corrected chi connectivity index (χ1v) is 6.81. The van der Waals surface area contributed by atoms with Crippen molar-refractivity contribution < 1.29 is 9.90 Å². The Kier molecular flexibility index (Phi) is 5.74. The van der Waals surface area contributed by atoms with E-state index in [0.717, 1.165) is 0 Å². The third kappa shape index (κ3) is 4.18. The van der Waals surface area contributed by atoms with Crippen LogP contribution >= 0.6 is 23.4 Å². The van der Waals surface area contributed by atoms with Crippen LogP contribution in [0.3, 0.4) is 0 Å². The summed E-state index contributed by atoms with van der Waals surface area (Å²) in [5, 5.41) is 12.2. The summed E-state index contributed by atoms with van der Waals surface area (Å²) in [4.78, 5) is 15.7. The van der Waals surface area contributed by atoms with E-state index in [1.54, 1.807) is 6.07 Å². The van der Waals surface area contributed by atoms with Crippen molar-refractivity contribution in [2.75, 3.05) is 12.9 Å². The molecule has 2 atom stereocenters. The molecule has 0 radical (unpaired) electrons. The number of aliphatic hydroxyl groups is 1. The standard InChI is InChI=1S/C11H15ClN2O2S/c1-7(9(6-15)17-2)14-11(16)8-3-4-13-10(12)5-8/h3-5,7,9,15H,6H2,1-2H3,(H,14,16). The van der Waals surface area contributed by atoms with E-state index in [4.69, 9.17) is 16.7 Å². The van der Waals surface area contributed by atoms with Crippen LogP contribution in [0, 0.1) is 0 Å². The van der Waals surface area contributed by atoms with Gasteiger partial charge in [0, 0.05) is 23.1 Å². The van der Waals surface area contributed by atoms with E-state index < -0.39 is 0 Å². The summed E-state index contributed by atoms with van der Waals surface area (Å²) in [5.74, 6) is -0.214. The normalized spacial score (nSPS) is 14.1. The number of hydrogen-bond donors (Lipinski definition) is 2. The lowest BCUT2D eigenvalue weighted by molar-refractivity contribution is 0.0936. The molecule has 1 aromatic rings. The van der Waals surface area contributed by atoms with E-state index in [-0.39, 0.29) is 29.0 Å². The third-order valence-corrected chi connectivity index (χ3v) is 3.76. The van der Waals surface area contributed by atoms with Crippen molar-refractivity contribution in [3.8, 4) is 0 Å². The number of halogens is 1. The number of pyridine rings is 1. The Labute approximate surface area is 110 Å². The van der Waals surface area contributed by atoms with Gasteiger partial charge in [0.05, 0.1) is 6.61 Å². The number of aliphatic hydroxyl groups excluding tert-OH is 1. The van der Waals surface area contributed by atoms with Crippen LogP contribution in [0.1, 0.15) is 17.3 Å². The van der Waals surface area contributed by atoms with Crippen molar-refractivity contribution in [1.29, 1.82) is 0 Å². The zero-order valence-corrected chi connectivity index (χ0v) is 11.3. The van der Waals surface area contributed by atoms with Crippen LogP contribution in [0.4, 0.5) is 0 Å². The summed E-state index contributed by atoms with van der Waals surface area (Å²) in [7, 11) is 0. The Morgan fingerprint density at radius 3 is 2.94 bits per heavy atom. The molecule has 2 N–H and O–H groups in total. The molecular weight excluding hydrogens is 260 g/mol. The molecule has 4 nitrogen and oxygen atoms in total. The maximum absolute atomic E-state index is 11.9. The first kappa shape index (κ1) is 14.3. The number of nitrogens with zero attached hydrogens (tertiary/aromatic N) is 1. The fourth-order valence-electron chi connectivity index (χ4n) is 1.36. The van der Waals surface area contributed by atoms with Crippen LogP contribution in [0.5, 0.6) is 0 Å². The average Bonchev–Trinajstić information content (AvgIpc) is 2.30. The molecule has 1 amide bonds. The highest BCUT2D eigenvalue weighted by Crippen LogP contribution is 2.12. The molecule has 0 bridgehead atoms. The molecule has 0 saturated heterocycles. The maximum Gasteiger partial charge on any atom is 0.251 e. The van der Waals surface area contributed by atoms with E-state index in [2.05, 4.69) is 10.3 Å². The minimum Gasteiger partial charge on any atom is -0.395 e. The number of rotatable bonds is 5. The van der Waals surface area contributed by atoms with Gasteiger partial charge in [-0.2, -0.15) is 11.8 Å². The van der Waals surface area contributed by atoms with Crippen LogP contribution in [0.25, 0.3) is 0 Å². The van der Waals surface area contributed by atoms with Gasteiger partial charge in [-0.1, -0.05) is 11.6 Å². The molecule has 1 rings (SSSR count). The van der Waals surface area contributed by atoms with Crippen molar-refractivity contribution in [3.05, 3.63) is 29.0 Å². The van der Waals surface area contributed by atoms with Gasteiger partial charge in [-0.25, -0.2) is 4.98 Å². The molecule has 0 saturated carbocycles. The fraction of sp³-hybridized carbons (Fsp3) is 0.455.